The molecule has 2 aliphatic rings. The summed E-state index contributed by atoms with van der Waals surface area (Å²) in [6.45, 7) is 2.76. The second kappa shape index (κ2) is 5.63. The van der Waals surface area contributed by atoms with Crippen molar-refractivity contribution in [2.75, 3.05) is 19.6 Å². The van der Waals surface area contributed by atoms with Gasteiger partial charge in [0.05, 0.1) is 11.6 Å². The maximum absolute atomic E-state index is 12.0. The highest BCUT2D eigenvalue weighted by Gasteiger charge is 2.33. The van der Waals surface area contributed by atoms with Crippen molar-refractivity contribution in [3.63, 3.8) is 0 Å². The van der Waals surface area contributed by atoms with Gasteiger partial charge >= 0.3 is 0 Å². The molecular weight excluding hydrogens is 254 g/mol. The average Bonchev–Trinajstić information content (AvgIpc) is 2.82. The summed E-state index contributed by atoms with van der Waals surface area (Å²) in [5.41, 5.74) is 3.84. The van der Waals surface area contributed by atoms with Gasteiger partial charge in [-0.05, 0) is 38.1 Å². The normalized spacial score (nSPS) is 23.5. The molecule has 1 amide bonds. The molecule has 0 radical (unpaired) electrons. The number of likely N-dealkylation sites (tertiary alicyclic amines) is 1. The van der Waals surface area contributed by atoms with Crippen LogP contribution in [0.15, 0.2) is 29.4 Å². The number of para-hydroxylation sites is 1. The summed E-state index contributed by atoms with van der Waals surface area (Å²) in [6.07, 6.45) is 3.66. The number of rotatable bonds is 3. The lowest BCUT2D eigenvalue weighted by Gasteiger charge is -2.28. The van der Waals surface area contributed by atoms with E-state index in [0.29, 0.717) is 17.8 Å². The minimum Gasteiger partial charge on any atom is -0.507 e. The molecule has 2 aliphatic heterocycles. The number of carbonyl (C=O) groups excluding carboxylic acids is 1. The van der Waals surface area contributed by atoms with Crippen LogP contribution in [-0.4, -0.2) is 41.3 Å². The van der Waals surface area contributed by atoms with Gasteiger partial charge in [-0.2, -0.15) is 5.10 Å². The Bertz CT molecular complexity index is 536. The van der Waals surface area contributed by atoms with E-state index in [0.717, 1.165) is 13.1 Å². The lowest BCUT2D eigenvalue weighted by molar-refractivity contribution is -0.122. The zero-order valence-corrected chi connectivity index (χ0v) is 11.4. The van der Waals surface area contributed by atoms with Crippen LogP contribution in [0.3, 0.4) is 0 Å². The zero-order valence-electron chi connectivity index (χ0n) is 11.4. The average molecular weight is 273 g/mol. The third-order valence-electron chi connectivity index (χ3n) is 4.00. The number of nitrogens with one attached hydrogen (secondary N) is 1. The Morgan fingerprint density at radius 3 is 2.75 bits per heavy atom. The van der Waals surface area contributed by atoms with Gasteiger partial charge in [0.1, 0.15) is 5.75 Å². The first-order chi connectivity index (χ1) is 9.75. The van der Waals surface area contributed by atoms with Crippen LogP contribution in [0.25, 0.3) is 0 Å². The summed E-state index contributed by atoms with van der Waals surface area (Å²) in [6, 6.07) is 7.04. The molecule has 5 nitrogen and oxygen atoms in total. The number of aromatic hydroxyl groups is 1. The highest BCUT2D eigenvalue weighted by molar-refractivity contribution is 6.17. The highest BCUT2D eigenvalue weighted by atomic mass is 16.3. The van der Waals surface area contributed by atoms with Crippen molar-refractivity contribution in [3.8, 4) is 5.75 Å². The number of phenolic OH excluding ortho intramolecular Hbond substituents is 1. The minimum atomic E-state index is -0.290. The molecule has 1 atom stereocenters. The van der Waals surface area contributed by atoms with Crippen LogP contribution in [0, 0.1) is 5.92 Å². The van der Waals surface area contributed by atoms with Gasteiger partial charge in [-0.3, -0.25) is 4.79 Å². The van der Waals surface area contributed by atoms with Crippen molar-refractivity contribution in [1.82, 2.24) is 10.3 Å². The van der Waals surface area contributed by atoms with E-state index in [9.17, 15) is 9.90 Å². The molecule has 3 rings (SSSR count). The smallest absolute Gasteiger partial charge is 0.250 e. The van der Waals surface area contributed by atoms with Crippen LogP contribution >= 0.6 is 0 Å². The van der Waals surface area contributed by atoms with Gasteiger partial charge in [-0.25, -0.2) is 5.43 Å². The molecule has 0 unspecified atom stereocenters. The molecular formula is C15H19N3O2. The number of amides is 1. The predicted molar refractivity (Wildman–Crippen MR) is 76.6 cm³/mol. The Balaban J connectivity index is 1.79. The molecule has 1 saturated heterocycles. The van der Waals surface area contributed by atoms with Crippen LogP contribution < -0.4 is 5.43 Å². The fourth-order valence-corrected chi connectivity index (χ4v) is 2.90. The lowest BCUT2D eigenvalue weighted by atomic mass is 9.95. The summed E-state index contributed by atoms with van der Waals surface area (Å²) < 4.78 is 0. The number of hydrogen-bond acceptors (Lipinski definition) is 4. The second-order valence-corrected chi connectivity index (χ2v) is 5.40. The Kier molecular flexibility index (Phi) is 3.69. The number of hydrogen-bond donors (Lipinski definition) is 2. The quantitative estimate of drug-likeness (QED) is 0.873. The van der Waals surface area contributed by atoms with Gasteiger partial charge in [-0.1, -0.05) is 18.6 Å². The third-order valence-corrected chi connectivity index (χ3v) is 4.00. The molecule has 5 heteroatoms. The molecule has 1 fully saturated rings. The van der Waals surface area contributed by atoms with Crippen molar-refractivity contribution in [2.24, 2.45) is 11.0 Å². The van der Waals surface area contributed by atoms with E-state index in [1.165, 1.54) is 19.3 Å². The minimum absolute atomic E-state index is 0.0752. The van der Waals surface area contributed by atoms with Crippen molar-refractivity contribution >= 4 is 11.6 Å². The summed E-state index contributed by atoms with van der Waals surface area (Å²) in [4.78, 5) is 14.3. The molecule has 2 N–H and O–H groups in total. The molecule has 106 valence electrons. The highest BCUT2D eigenvalue weighted by Crippen LogP contribution is 2.24. The second-order valence-electron chi connectivity index (χ2n) is 5.40. The van der Waals surface area contributed by atoms with E-state index >= 15 is 0 Å². The number of benzene rings is 1. The van der Waals surface area contributed by atoms with Gasteiger partial charge in [0.2, 0.25) is 0 Å². The van der Waals surface area contributed by atoms with Gasteiger partial charge in [0, 0.05) is 12.1 Å². The van der Waals surface area contributed by atoms with Gasteiger partial charge in [-0.15, -0.1) is 0 Å². The fraction of sp³-hybridized carbons (Fsp3) is 0.467. The fourth-order valence-electron chi connectivity index (χ4n) is 2.90. The van der Waals surface area contributed by atoms with Crippen molar-refractivity contribution in [3.05, 3.63) is 29.8 Å². The van der Waals surface area contributed by atoms with Crippen LogP contribution in [0.2, 0.25) is 0 Å². The standard InChI is InChI=1S/C15H19N3O2/c19-13-7-3-2-6-11(13)14-12(15(20)17-16-14)10-18-8-4-1-5-9-18/h2-3,6-7,12,19H,1,4-5,8-10H2,(H,17,20)/t12-/m1/s1. The van der Waals surface area contributed by atoms with E-state index in [4.69, 9.17) is 0 Å². The molecule has 2 heterocycles. The van der Waals surface area contributed by atoms with Crippen LogP contribution in [0.1, 0.15) is 24.8 Å². The van der Waals surface area contributed by atoms with E-state index in [1.807, 2.05) is 6.07 Å². The number of phenols is 1. The maximum Gasteiger partial charge on any atom is 0.250 e. The topological polar surface area (TPSA) is 64.9 Å². The molecule has 0 saturated carbocycles. The van der Waals surface area contributed by atoms with Crippen LogP contribution in [-0.2, 0) is 4.79 Å². The molecule has 1 aromatic rings. The van der Waals surface area contributed by atoms with Crippen molar-refractivity contribution < 1.29 is 9.90 Å². The number of nitrogens with zero attached hydrogens (tertiary/aromatic N) is 2. The molecule has 0 spiro atoms. The van der Waals surface area contributed by atoms with E-state index in [2.05, 4.69) is 15.4 Å². The van der Waals surface area contributed by atoms with Crippen LogP contribution in [0.4, 0.5) is 0 Å². The molecule has 1 aromatic carbocycles. The lowest BCUT2D eigenvalue weighted by Crippen LogP contribution is -2.39. The van der Waals surface area contributed by atoms with Gasteiger partial charge in [0.15, 0.2) is 0 Å². The third kappa shape index (κ3) is 2.54. The first kappa shape index (κ1) is 13.1. The van der Waals surface area contributed by atoms with E-state index in [-0.39, 0.29) is 17.6 Å². The SMILES string of the molecule is O=C1NN=C(c2ccccc2O)[C@H]1CN1CCCCC1. The predicted octanol–water partition coefficient (Wildman–Crippen LogP) is 1.33. The maximum atomic E-state index is 12.0. The Labute approximate surface area is 118 Å². The monoisotopic (exact) mass is 273 g/mol. The van der Waals surface area contributed by atoms with Gasteiger partial charge in [0.25, 0.3) is 5.91 Å². The molecule has 0 aliphatic carbocycles. The first-order valence-electron chi connectivity index (χ1n) is 7.14. The van der Waals surface area contributed by atoms with Crippen molar-refractivity contribution in [1.29, 1.82) is 0 Å². The van der Waals surface area contributed by atoms with Crippen LogP contribution in [0.5, 0.6) is 5.75 Å². The number of hydrazone groups is 1. The molecule has 0 bridgehead atoms. The zero-order chi connectivity index (χ0) is 13.9. The molecule has 0 aromatic heterocycles. The Morgan fingerprint density at radius 2 is 2.00 bits per heavy atom. The summed E-state index contributed by atoms with van der Waals surface area (Å²) in [7, 11) is 0. The summed E-state index contributed by atoms with van der Waals surface area (Å²) >= 11 is 0. The molecule has 20 heavy (non-hydrogen) atoms. The summed E-state index contributed by atoms with van der Waals surface area (Å²) in [5.74, 6) is -0.193. The van der Waals surface area contributed by atoms with Gasteiger partial charge < -0.3 is 10.0 Å². The Morgan fingerprint density at radius 1 is 1.25 bits per heavy atom. The number of carbonyl (C=O) groups is 1. The summed E-state index contributed by atoms with van der Waals surface area (Å²) in [5, 5.41) is 14.1. The van der Waals surface area contributed by atoms with E-state index in [1.54, 1.807) is 18.2 Å². The largest absolute Gasteiger partial charge is 0.507 e. The Hall–Kier alpha value is -1.88. The first-order valence-corrected chi connectivity index (χ1v) is 7.14. The number of piperidine rings is 1. The van der Waals surface area contributed by atoms with Crippen molar-refractivity contribution in [2.45, 2.75) is 19.3 Å². The van der Waals surface area contributed by atoms with E-state index < -0.39 is 0 Å².